The van der Waals surface area contributed by atoms with Gasteiger partial charge in [-0.3, -0.25) is 9.59 Å². The van der Waals surface area contributed by atoms with E-state index in [0.29, 0.717) is 0 Å². The maximum Gasteiger partial charge on any atom is 0.405 e. The fourth-order valence-corrected chi connectivity index (χ4v) is 4.37. The van der Waals surface area contributed by atoms with Crippen molar-refractivity contribution >= 4 is 64.1 Å². The number of hydrogen-bond donors (Lipinski definition) is 2. The Bertz CT molecular complexity index is 1320. The molecule has 1 aromatic carbocycles. The van der Waals surface area contributed by atoms with Gasteiger partial charge in [0.05, 0.1) is 21.3 Å². The Balaban J connectivity index is 1.69. The fourth-order valence-electron chi connectivity index (χ4n) is 3.06. The van der Waals surface area contributed by atoms with E-state index in [4.69, 9.17) is 39.5 Å². The third-order valence-electron chi connectivity index (χ3n) is 4.74. The van der Waals surface area contributed by atoms with Crippen molar-refractivity contribution in [3.05, 3.63) is 62.9 Å². The number of aromatic nitrogens is 3. The van der Waals surface area contributed by atoms with E-state index in [-0.39, 0.29) is 49.8 Å². The third kappa shape index (κ3) is 6.17. The summed E-state index contributed by atoms with van der Waals surface area (Å²) in [5.74, 6) is -0.161. The van der Waals surface area contributed by atoms with Crippen LogP contribution in [-0.2, 0) is 0 Å². The molecule has 0 aliphatic carbocycles. The lowest BCUT2D eigenvalue weighted by molar-refractivity contribution is -0.123. The Kier molecular flexibility index (Phi) is 7.88. The average molecular weight is 581 g/mol. The number of nitrogens with one attached hydrogen (secondary N) is 2. The molecule has 0 atom stereocenters. The van der Waals surface area contributed by atoms with E-state index < -0.39 is 24.5 Å². The molecule has 2 amide bonds. The van der Waals surface area contributed by atoms with Crippen molar-refractivity contribution in [2.75, 3.05) is 23.4 Å². The summed E-state index contributed by atoms with van der Waals surface area (Å²) >= 11 is 20.1. The van der Waals surface area contributed by atoms with Gasteiger partial charge in [-0.25, -0.2) is 9.67 Å². The summed E-state index contributed by atoms with van der Waals surface area (Å²) in [5, 5.41) is 8.49. The van der Waals surface area contributed by atoms with Crippen LogP contribution in [0.25, 0.3) is 5.82 Å². The van der Waals surface area contributed by atoms with Gasteiger partial charge in [0.25, 0.3) is 11.8 Å². The molecule has 0 radical (unpaired) electrons. The smallest absolute Gasteiger partial charge is 0.405 e. The quantitative estimate of drug-likeness (QED) is 0.395. The molecule has 0 saturated carbocycles. The number of hydrogen-bond acceptors (Lipinski definition) is 6. The van der Waals surface area contributed by atoms with Crippen LogP contribution in [0.3, 0.4) is 0 Å². The summed E-state index contributed by atoms with van der Waals surface area (Å²) in [5.41, 5.74) is -0.691. The Morgan fingerprint density at radius 2 is 1.89 bits per heavy atom. The molecule has 4 rings (SSSR count). The Morgan fingerprint density at radius 1 is 1.14 bits per heavy atom. The number of anilines is 1. The minimum atomic E-state index is -4.65. The second kappa shape index (κ2) is 10.8. The normalized spacial score (nSPS) is 13.7. The predicted molar refractivity (Wildman–Crippen MR) is 131 cm³/mol. The number of amides is 2. The number of halogens is 6. The van der Waals surface area contributed by atoms with Crippen LogP contribution in [0.1, 0.15) is 20.8 Å². The highest BCUT2D eigenvalue weighted by Crippen LogP contribution is 2.32. The molecule has 3 heterocycles. The zero-order valence-corrected chi connectivity index (χ0v) is 21.0. The van der Waals surface area contributed by atoms with Gasteiger partial charge in [-0.05, 0) is 24.3 Å². The largest absolute Gasteiger partial charge is 0.472 e. The molecule has 3 aromatic rings. The molecule has 36 heavy (non-hydrogen) atoms. The summed E-state index contributed by atoms with van der Waals surface area (Å²) in [6, 6.07) is 6.82. The van der Waals surface area contributed by atoms with Gasteiger partial charge in [0.15, 0.2) is 5.82 Å². The SMILES string of the molecule is O=C(NCC(F)(F)F)c1cc(Cl)cc(Cl)c1NC(=O)c1cc(OC2CSC2)nn1-c1ncccc1Cl. The maximum absolute atomic E-state index is 13.3. The van der Waals surface area contributed by atoms with Gasteiger partial charge >= 0.3 is 6.18 Å². The number of carbonyl (C=O) groups is 2. The van der Waals surface area contributed by atoms with Crippen LogP contribution in [0.5, 0.6) is 5.88 Å². The summed E-state index contributed by atoms with van der Waals surface area (Å²) in [7, 11) is 0. The Morgan fingerprint density at radius 3 is 2.53 bits per heavy atom. The van der Waals surface area contributed by atoms with Crippen molar-refractivity contribution in [2.45, 2.75) is 12.3 Å². The standard InChI is InChI=1S/C21H15Cl3F3N5O3S/c22-10-4-12(19(33)29-9-21(25,26)27)17(14(24)5-10)30-20(34)15-6-16(35-11-7-36-8-11)31-32(15)18-13(23)2-1-3-28-18/h1-6,11H,7-9H2,(H,29,33)(H,30,34). The minimum Gasteiger partial charge on any atom is -0.472 e. The van der Waals surface area contributed by atoms with Crippen LogP contribution in [0.15, 0.2) is 36.5 Å². The van der Waals surface area contributed by atoms with E-state index >= 15 is 0 Å². The monoisotopic (exact) mass is 579 g/mol. The molecule has 1 saturated heterocycles. The third-order valence-corrected chi connectivity index (χ3v) is 6.77. The van der Waals surface area contributed by atoms with E-state index in [0.717, 1.165) is 22.3 Å². The second-order valence-corrected chi connectivity index (χ2v) is 9.75. The molecular formula is C21H15Cl3F3N5O3S. The molecular weight excluding hydrogens is 566 g/mol. The maximum atomic E-state index is 13.3. The number of pyridine rings is 1. The molecule has 8 nitrogen and oxygen atoms in total. The zero-order valence-electron chi connectivity index (χ0n) is 17.9. The van der Waals surface area contributed by atoms with Gasteiger partial charge in [0, 0.05) is 28.8 Å². The lowest BCUT2D eigenvalue weighted by Crippen LogP contribution is -2.34. The van der Waals surface area contributed by atoms with E-state index in [1.165, 1.54) is 18.3 Å². The van der Waals surface area contributed by atoms with E-state index in [9.17, 15) is 22.8 Å². The van der Waals surface area contributed by atoms with Crippen LogP contribution < -0.4 is 15.4 Å². The van der Waals surface area contributed by atoms with Crippen LogP contribution in [-0.4, -0.2) is 56.9 Å². The highest BCUT2D eigenvalue weighted by Gasteiger charge is 2.30. The molecule has 0 unspecified atom stereocenters. The molecule has 1 aliphatic heterocycles. The van der Waals surface area contributed by atoms with Crippen molar-refractivity contribution < 1.29 is 27.5 Å². The molecule has 2 aromatic heterocycles. The first kappa shape index (κ1) is 26.4. The minimum absolute atomic E-state index is 0.0190. The van der Waals surface area contributed by atoms with Crippen LogP contribution >= 0.6 is 46.6 Å². The van der Waals surface area contributed by atoms with Crippen molar-refractivity contribution in [3.63, 3.8) is 0 Å². The second-order valence-electron chi connectivity index (χ2n) is 7.43. The van der Waals surface area contributed by atoms with Gasteiger partial charge in [-0.1, -0.05) is 34.8 Å². The summed E-state index contributed by atoms with van der Waals surface area (Å²) < 4.78 is 44.8. The van der Waals surface area contributed by atoms with Crippen LogP contribution in [0.2, 0.25) is 15.1 Å². The van der Waals surface area contributed by atoms with Gasteiger partial charge in [-0.15, -0.1) is 5.10 Å². The van der Waals surface area contributed by atoms with E-state index in [1.807, 2.05) is 0 Å². The first-order valence-corrected chi connectivity index (χ1v) is 12.4. The molecule has 190 valence electrons. The predicted octanol–water partition coefficient (Wildman–Crippen LogP) is 5.27. The molecule has 2 N–H and O–H groups in total. The topological polar surface area (TPSA) is 98.1 Å². The molecule has 0 spiro atoms. The average Bonchev–Trinajstić information content (AvgIpc) is 3.20. The zero-order chi connectivity index (χ0) is 26.0. The summed E-state index contributed by atoms with van der Waals surface area (Å²) in [4.78, 5) is 30.0. The van der Waals surface area contributed by atoms with E-state index in [2.05, 4.69) is 15.4 Å². The Hall–Kier alpha value is -2.67. The lowest BCUT2D eigenvalue weighted by Gasteiger charge is -2.24. The number of thioether (sulfide) groups is 1. The Labute approximate surface area is 221 Å². The van der Waals surface area contributed by atoms with E-state index in [1.54, 1.807) is 29.2 Å². The molecule has 1 fully saturated rings. The number of nitrogens with zero attached hydrogens (tertiary/aromatic N) is 3. The number of rotatable bonds is 7. The number of benzene rings is 1. The highest BCUT2D eigenvalue weighted by molar-refractivity contribution is 8.00. The van der Waals surface area contributed by atoms with Crippen molar-refractivity contribution in [1.29, 1.82) is 0 Å². The van der Waals surface area contributed by atoms with Crippen LogP contribution in [0, 0.1) is 0 Å². The number of carbonyl (C=O) groups excluding carboxylic acids is 2. The fraction of sp³-hybridized carbons (Fsp3) is 0.238. The van der Waals surface area contributed by atoms with Gasteiger partial charge < -0.3 is 15.4 Å². The van der Waals surface area contributed by atoms with Gasteiger partial charge in [0.2, 0.25) is 5.88 Å². The van der Waals surface area contributed by atoms with Gasteiger partial charge in [0.1, 0.15) is 18.3 Å². The first-order chi connectivity index (χ1) is 17.0. The van der Waals surface area contributed by atoms with Crippen molar-refractivity contribution in [2.24, 2.45) is 0 Å². The summed E-state index contributed by atoms with van der Waals surface area (Å²) in [6.45, 7) is -1.59. The molecule has 0 bridgehead atoms. The molecule has 1 aliphatic rings. The van der Waals surface area contributed by atoms with Crippen molar-refractivity contribution in [1.82, 2.24) is 20.1 Å². The number of ether oxygens (including phenoxy) is 1. The van der Waals surface area contributed by atoms with Gasteiger partial charge in [-0.2, -0.15) is 24.9 Å². The van der Waals surface area contributed by atoms with Crippen LogP contribution in [0.4, 0.5) is 18.9 Å². The molecule has 15 heteroatoms. The van der Waals surface area contributed by atoms with Crippen molar-refractivity contribution in [3.8, 4) is 11.7 Å². The summed E-state index contributed by atoms with van der Waals surface area (Å²) in [6.07, 6.45) is -3.28. The lowest BCUT2D eigenvalue weighted by atomic mass is 10.1. The first-order valence-electron chi connectivity index (χ1n) is 10.1. The number of alkyl halides is 3. The highest BCUT2D eigenvalue weighted by atomic mass is 35.5.